The van der Waals surface area contributed by atoms with E-state index in [-0.39, 0.29) is 17.3 Å². The van der Waals surface area contributed by atoms with Crippen molar-refractivity contribution in [3.8, 4) is 11.6 Å². The van der Waals surface area contributed by atoms with Crippen molar-refractivity contribution in [2.75, 3.05) is 17.3 Å². The van der Waals surface area contributed by atoms with Gasteiger partial charge in [-0.25, -0.2) is 8.42 Å². The van der Waals surface area contributed by atoms with E-state index in [4.69, 9.17) is 9.15 Å². The molecule has 1 fully saturated rings. The number of nitrogens with zero attached hydrogens (tertiary/aromatic N) is 3. The van der Waals surface area contributed by atoms with Crippen molar-refractivity contribution >= 4 is 27.6 Å². The number of carbonyl (C=O) groups is 1. The largest absolute Gasteiger partial charge is 0.461 e. The molecule has 0 radical (unpaired) electrons. The summed E-state index contributed by atoms with van der Waals surface area (Å²) in [7, 11) is -1.28. The standard InChI is InChI=1S/C13H15N3O5S2/c1-16-12(10-3-2-5-20-10)14-15-13(16)22-7-11(17)21-9-4-6-23(18,19)8-9/h2-3,5,9H,4,6-8H2,1H3/t9-/m1/s1. The maximum absolute atomic E-state index is 11.8. The van der Waals surface area contributed by atoms with Crippen LogP contribution in [0.5, 0.6) is 0 Å². The zero-order valence-corrected chi connectivity index (χ0v) is 14.0. The van der Waals surface area contributed by atoms with Crippen LogP contribution in [0.15, 0.2) is 28.0 Å². The first-order valence-electron chi connectivity index (χ1n) is 6.90. The van der Waals surface area contributed by atoms with Gasteiger partial charge in [-0.3, -0.25) is 4.79 Å². The van der Waals surface area contributed by atoms with E-state index < -0.39 is 21.9 Å². The van der Waals surface area contributed by atoms with E-state index in [2.05, 4.69) is 10.2 Å². The third kappa shape index (κ3) is 3.75. The minimum absolute atomic E-state index is 0.0423. The van der Waals surface area contributed by atoms with Gasteiger partial charge in [0.05, 0.1) is 23.5 Å². The molecule has 0 saturated carbocycles. The predicted molar refractivity (Wildman–Crippen MR) is 82.6 cm³/mol. The maximum atomic E-state index is 11.8. The lowest BCUT2D eigenvalue weighted by Crippen LogP contribution is -2.20. The molecule has 10 heteroatoms. The Morgan fingerprint density at radius 1 is 1.52 bits per heavy atom. The second-order valence-corrected chi connectivity index (χ2v) is 8.32. The molecule has 0 unspecified atom stereocenters. The normalized spacial score (nSPS) is 19.8. The third-order valence-corrected chi connectivity index (χ3v) is 6.12. The Morgan fingerprint density at radius 2 is 2.35 bits per heavy atom. The van der Waals surface area contributed by atoms with Crippen LogP contribution in [0.3, 0.4) is 0 Å². The van der Waals surface area contributed by atoms with Gasteiger partial charge in [0.1, 0.15) is 6.10 Å². The lowest BCUT2D eigenvalue weighted by atomic mass is 10.3. The minimum atomic E-state index is -3.06. The van der Waals surface area contributed by atoms with E-state index in [0.29, 0.717) is 23.2 Å². The molecule has 3 heterocycles. The van der Waals surface area contributed by atoms with Crippen molar-refractivity contribution < 1.29 is 22.4 Å². The highest BCUT2D eigenvalue weighted by Gasteiger charge is 2.30. The number of sulfone groups is 1. The third-order valence-electron chi connectivity index (χ3n) is 3.38. The Hall–Kier alpha value is -1.81. The summed E-state index contributed by atoms with van der Waals surface area (Å²) in [6.45, 7) is 0. The van der Waals surface area contributed by atoms with E-state index in [1.54, 1.807) is 30.0 Å². The first-order valence-corrected chi connectivity index (χ1v) is 9.71. The number of rotatable bonds is 5. The highest BCUT2D eigenvalue weighted by atomic mass is 32.2. The molecule has 124 valence electrons. The lowest BCUT2D eigenvalue weighted by molar-refractivity contribution is -0.144. The van der Waals surface area contributed by atoms with Crippen molar-refractivity contribution in [2.24, 2.45) is 7.05 Å². The summed E-state index contributed by atoms with van der Waals surface area (Å²) in [6, 6.07) is 3.52. The molecule has 2 aromatic rings. The Kier molecular flexibility index (Phi) is 4.44. The topological polar surface area (TPSA) is 104 Å². The van der Waals surface area contributed by atoms with E-state index in [9.17, 15) is 13.2 Å². The Bertz CT molecular complexity index is 798. The number of hydrogen-bond donors (Lipinski definition) is 0. The van der Waals surface area contributed by atoms with Crippen LogP contribution in [0, 0.1) is 0 Å². The number of thioether (sulfide) groups is 1. The van der Waals surface area contributed by atoms with Gasteiger partial charge < -0.3 is 13.7 Å². The fourth-order valence-corrected chi connectivity index (χ4v) is 4.54. The summed E-state index contributed by atoms with van der Waals surface area (Å²) in [4.78, 5) is 11.8. The van der Waals surface area contributed by atoms with Crippen molar-refractivity contribution in [1.82, 2.24) is 14.8 Å². The van der Waals surface area contributed by atoms with Crippen molar-refractivity contribution in [3.63, 3.8) is 0 Å². The number of hydrogen-bond acceptors (Lipinski definition) is 8. The Morgan fingerprint density at radius 3 is 3.00 bits per heavy atom. The Labute approximate surface area is 137 Å². The number of ether oxygens (including phenoxy) is 1. The summed E-state index contributed by atoms with van der Waals surface area (Å²) < 4.78 is 34.8. The highest BCUT2D eigenvalue weighted by Crippen LogP contribution is 2.23. The van der Waals surface area contributed by atoms with Gasteiger partial charge in [-0.05, 0) is 18.6 Å². The number of aromatic nitrogens is 3. The van der Waals surface area contributed by atoms with Gasteiger partial charge in [0.25, 0.3) is 0 Å². The molecule has 1 saturated heterocycles. The molecule has 3 rings (SSSR count). The van der Waals surface area contributed by atoms with Gasteiger partial charge in [0.15, 0.2) is 26.6 Å². The highest BCUT2D eigenvalue weighted by molar-refractivity contribution is 7.99. The molecule has 23 heavy (non-hydrogen) atoms. The molecule has 0 bridgehead atoms. The summed E-state index contributed by atoms with van der Waals surface area (Å²) in [6.07, 6.45) is 1.38. The minimum Gasteiger partial charge on any atom is -0.461 e. The second-order valence-electron chi connectivity index (χ2n) is 5.15. The zero-order chi connectivity index (χ0) is 16.4. The summed E-state index contributed by atoms with van der Waals surface area (Å²) >= 11 is 1.18. The molecule has 1 atom stereocenters. The fraction of sp³-hybridized carbons (Fsp3) is 0.462. The summed E-state index contributed by atoms with van der Waals surface area (Å²) in [5, 5.41) is 8.58. The number of esters is 1. The lowest BCUT2D eigenvalue weighted by Gasteiger charge is -2.09. The molecule has 2 aromatic heterocycles. The SMILES string of the molecule is Cn1c(SCC(=O)O[C@@H]2CCS(=O)(=O)C2)nnc1-c1ccco1. The van der Waals surface area contributed by atoms with E-state index in [0.717, 1.165) is 0 Å². The smallest absolute Gasteiger partial charge is 0.316 e. The molecule has 0 spiro atoms. The molecular formula is C13H15N3O5S2. The maximum Gasteiger partial charge on any atom is 0.316 e. The fourth-order valence-electron chi connectivity index (χ4n) is 2.26. The van der Waals surface area contributed by atoms with Gasteiger partial charge >= 0.3 is 5.97 Å². The second kappa shape index (κ2) is 6.36. The van der Waals surface area contributed by atoms with E-state index in [1.165, 1.54) is 11.8 Å². The van der Waals surface area contributed by atoms with Crippen molar-refractivity contribution in [1.29, 1.82) is 0 Å². The quantitative estimate of drug-likeness (QED) is 0.574. The average Bonchev–Trinajstić information content (AvgIpc) is 3.18. The van der Waals surface area contributed by atoms with Gasteiger partial charge in [-0.1, -0.05) is 11.8 Å². The molecule has 0 amide bonds. The molecule has 8 nitrogen and oxygen atoms in total. The van der Waals surface area contributed by atoms with Crippen molar-refractivity contribution in [3.05, 3.63) is 18.4 Å². The number of carbonyl (C=O) groups excluding carboxylic acids is 1. The summed E-state index contributed by atoms with van der Waals surface area (Å²) in [5.74, 6) is 0.725. The van der Waals surface area contributed by atoms with Crippen LogP contribution in [-0.4, -0.2) is 52.5 Å². The molecule has 0 aromatic carbocycles. The van der Waals surface area contributed by atoms with Crippen LogP contribution in [0.4, 0.5) is 0 Å². The van der Waals surface area contributed by atoms with Crippen LogP contribution < -0.4 is 0 Å². The zero-order valence-electron chi connectivity index (χ0n) is 12.3. The van der Waals surface area contributed by atoms with E-state index in [1.807, 2.05) is 0 Å². The van der Waals surface area contributed by atoms with Crippen LogP contribution in [0.1, 0.15) is 6.42 Å². The van der Waals surface area contributed by atoms with Crippen LogP contribution in [0.2, 0.25) is 0 Å². The van der Waals surface area contributed by atoms with Gasteiger partial charge in [0.2, 0.25) is 0 Å². The van der Waals surface area contributed by atoms with Crippen molar-refractivity contribution in [2.45, 2.75) is 17.7 Å². The van der Waals surface area contributed by atoms with Crippen LogP contribution >= 0.6 is 11.8 Å². The number of furan rings is 1. The molecule has 1 aliphatic rings. The van der Waals surface area contributed by atoms with Crippen LogP contribution in [0.25, 0.3) is 11.6 Å². The predicted octanol–water partition coefficient (Wildman–Crippen LogP) is 0.897. The van der Waals surface area contributed by atoms with Gasteiger partial charge in [-0.2, -0.15) is 0 Å². The van der Waals surface area contributed by atoms with Gasteiger partial charge in [-0.15, -0.1) is 10.2 Å². The first-order chi connectivity index (χ1) is 10.9. The molecule has 0 N–H and O–H groups in total. The summed E-state index contributed by atoms with van der Waals surface area (Å²) in [5.41, 5.74) is 0. The molecule has 1 aliphatic heterocycles. The molecule has 0 aliphatic carbocycles. The average molecular weight is 357 g/mol. The van der Waals surface area contributed by atoms with E-state index >= 15 is 0 Å². The first kappa shape index (κ1) is 16.1. The van der Waals surface area contributed by atoms with Crippen LogP contribution in [-0.2, 0) is 26.4 Å². The molecular weight excluding hydrogens is 342 g/mol. The van der Waals surface area contributed by atoms with Gasteiger partial charge in [0, 0.05) is 7.05 Å². The Balaban J connectivity index is 1.56. The monoisotopic (exact) mass is 357 g/mol.